The third kappa shape index (κ3) is 6.39. The summed E-state index contributed by atoms with van der Waals surface area (Å²) in [6.07, 6.45) is 1.32. The molecule has 8 heteroatoms. The highest BCUT2D eigenvalue weighted by molar-refractivity contribution is 6.03. The molecule has 0 radical (unpaired) electrons. The molecule has 0 aliphatic carbocycles. The topological polar surface area (TPSA) is 83.8 Å². The van der Waals surface area contributed by atoms with Crippen LogP contribution in [0.25, 0.3) is 0 Å². The normalized spacial score (nSPS) is 17.7. The standard InChI is InChI=1S/C36H34N4O4/c1-25(41)39-35(23-33(37-39)27-9-5-3-6-10-27)29-13-17-31(18-14-29)43-21-22-44-32-19-15-30(16-20-32)36-24-34(38-40(36)26(2)42)28-11-7-4-8-12-28/h3-20,35-36H,21-24H2,1-2H3. The molecular formula is C36H34N4O4. The molecule has 0 fully saturated rings. The Morgan fingerprint density at radius 2 is 0.955 bits per heavy atom. The quantitative estimate of drug-likeness (QED) is 0.209. The fraction of sp³-hybridized carbons (Fsp3) is 0.222. The summed E-state index contributed by atoms with van der Waals surface area (Å²) in [4.78, 5) is 24.6. The van der Waals surface area contributed by atoms with Crippen LogP contribution >= 0.6 is 0 Å². The molecule has 6 rings (SSSR count). The van der Waals surface area contributed by atoms with Crippen molar-refractivity contribution in [2.45, 2.75) is 38.8 Å². The minimum Gasteiger partial charge on any atom is -0.490 e. The summed E-state index contributed by atoms with van der Waals surface area (Å²) < 4.78 is 11.8. The number of hydrogen-bond donors (Lipinski definition) is 0. The Morgan fingerprint density at radius 3 is 1.30 bits per heavy atom. The Morgan fingerprint density at radius 1 is 0.591 bits per heavy atom. The summed E-state index contributed by atoms with van der Waals surface area (Å²) in [5.41, 5.74) is 5.87. The molecule has 2 aliphatic heterocycles. The van der Waals surface area contributed by atoms with Gasteiger partial charge in [-0.1, -0.05) is 84.9 Å². The molecule has 2 heterocycles. The van der Waals surface area contributed by atoms with Gasteiger partial charge in [0.15, 0.2) is 0 Å². The molecule has 44 heavy (non-hydrogen) atoms. The van der Waals surface area contributed by atoms with E-state index in [0.717, 1.165) is 45.2 Å². The fourth-order valence-electron chi connectivity index (χ4n) is 5.62. The second-order valence-corrected chi connectivity index (χ2v) is 10.8. The van der Waals surface area contributed by atoms with Crippen molar-refractivity contribution in [2.75, 3.05) is 13.2 Å². The highest BCUT2D eigenvalue weighted by Gasteiger charge is 2.32. The van der Waals surface area contributed by atoms with Crippen molar-refractivity contribution in [1.29, 1.82) is 0 Å². The molecule has 0 saturated carbocycles. The van der Waals surface area contributed by atoms with E-state index in [-0.39, 0.29) is 23.9 Å². The summed E-state index contributed by atoms with van der Waals surface area (Å²) in [6, 6.07) is 35.2. The molecule has 2 amide bonds. The van der Waals surface area contributed by atoms with E-state index in [1.54, 1.807) is 23.9 Å². The lowest BCUT2D eigenvalue weighted by Gasteiger charge is -2.21. The number of carbonyl (C=O) groups excluding carboxylic acids is 2. The SMILES string of the molecule is CC(=O)N1N=C(c2ccccc2)CC1c1ccc(OCCOc2ccc(C3CC(c4ccccc4)=NN3C(C)=O)cc2)cc1. The first-order valence-corrected chi connectivity index (χ1v) is 14.8. The number of hydrazone groups is 2. The summed E-state index contributed by atoms with van der Waals surface area (Å²) >= 11 is 0. The highest BCUT2D eigenvalue weighted by atomic mass is 16.5. The van der Waals surface area contributed by atoms with Gasteiger partial charge in [-0.05, 0) is 46.5 Å². The van der Waals surface area contributed by atoms with E-state index in [4.69, 9.17) is 9.47 Å². The Kier molecular flexibility index (Phi) is 8.50. The van der Waals surface area contributed by atoms with E-state index in [1.165, 1.54) is 0 Å². The van der Waals surface area contributed by atoms with Crippen LogP contribution < -0.4 is 9.47 Å². The first-order chi connectivity index (χ1) is 21.5. The Balaban J connectivity index is 1.00. The third-order valence-corrected chi connectivity index (χ3v) is 7.83. The maximum absolute atomic E-state index is 12.3. The van der Waals surface area contributed by atoms with Crippen LogP contribution in [0.15, 0.2) is 119 Å². The maximum atomic E-state index is 12.3. The van der Waals surface area contributed by atoms with Crippen LogP contribution in [0.5, 0.6) is 11.5 Å². The zero-order valence-corrected chi connectivity index (χ0v) is 24.8. The summed E-state index contributed by atoms with van der Waals surface area (Å²) in [6.45, 7) is 3.84. The van der Waals surface area contributed by atoms with Gasteiger partial charge >= 0.3 is 0 Å². The molecular weight excluding hydrogens is 552 g/mol. The zero-order chi connectivity index (χ0) is 30.5. The lowest BCUT2D eigenvalue weighted by molar-refractivity contribution is -0.131. The highest BCUT2D eigenvalue weighted by Crippen LogP contribution is 2.35. The van der Waals surface area contributed by atoms with Crippen LogP contribution in [0.1, 0.15) is 61.0 Å². The van der Waals surface area contributed by atoms with Gasteiger partial charge in [-0.2, -0.15) is 10.2 Å². The molecule has 222 valence electrons. The van der Waals surface area contributed by atoms with Crippen molar-refractivity contribution in [3.05, 3.63) is 131 Å². The number of ether oxygens (including phenoxy) is 2. The molecule has 0 saturated heterocycles. The van der Waals surface area contributed by atoms with Gasteiger partial charge in [0.25, 0.3) is 0 Å². The fourth-order valence-corrected chi connectivity index (χ4v) is 5.62. The number of rotatable bonds is 9. The molecule has 8 nitrogen and oxygen atoms in total. The molecule has 0 spiro atoms. The smallest absolute Gasteiger partial charge is 0.240 e. The molecule has 4 aromatic carbocycles. The molecule has 0 aromatic heterocycles. The molecule has 2 atom stereocenters. The van der Waals surface area contributed by atoms with Crippen LogP contribution in [0.2, 0.25) is 0 Å². The van der Waals surface area contributed by atoms with Crippen molar-refractivity contribution >= 4 is 23.2 Å². The lowest BCUT2D eigenvalue weighted by atomic mass is 9.98. The summed E-state index contributed by atoms with van der Waals surface area (Å²) in [7, 11) is 0. The Hall–Kier alpha value is -5.24. The van der Waals surface area contributed by atoms with Gasteiger partial charge < -0.3 is 9.47 Å². The predicted octanol–water partition coefficient (Wildman–Crippen LogP) is 6.54. The largest absolute Gasteiger partial charge is 0.490 e. The molecule has 0 bridgehead atoms. The van der Waals surface area contributed by atoms with Gasteiger partial charge in [0.2, 0.25) is 11.8 Å². The first-order valence-electron chi connectivity index (χ1n) is 14.8. The zero-order valence-electron chi connectivity index (χ0n) is 24.8. The number of amides is 2. The van der Waals surface area contributed by atoms with Crippen molar-refractivity contribution in [2.24, 2.45) is 10.2 Å². The van der Waals surface area contributed by atoms with Crippen LogP contribution in [0, 0.1) is 0 Å². The van der Waals surface area contributed by atoms with E-state index in [9.17, 15) is 9.59 Å². The van der Waals surface area contributed by atoms with E-state index in [2.05, 4.69) is 10.2 Å². The van der Waals surface area contributed by atoms with E-state index in [1.807, 2.05) is 109 Å². The van der Waals surface area contributed by atoms with Gasteiger partial charge in [0.05, 0.1) is 23.5 Å². The van der Waals surface area contributed by atoms with Crippen LogP contribution in [0.4, 0.5) is 0 Å². The van der Waals surface area contributed by atoms with Crippen molar-refractivity contribution < 1.29 is 19.1 Å². The van der Waals surface area contributed by atoms with E-state index < -0.39 is 0 Å². The molecule has 0 N–H and O–H groups in total. The molecule has 2 unspecified atom stereocenters. The number of hydrogen-bond acceptors (Lipinski definition) is 6. The monoisotopic (exact) mass is 586 g/mol. The Labute approximate surface area is 257 Å². The van der Waals surface area contributed by atoms with Gasteiger partial charge in [-0.15, -0.1) is 0 Å². The van der Waals surface area contributed by atoms with E-state index >= 15 is 0 Å². The number of benzene rings is 4. The second kappa shape index (κ2) is 13.0. The van der Waals surface area contributed by atoms with Gasteiger partial charge in [0.1, 0.15) is 24.7 Å². The minimum atomic E-state index is -0.147. The first kappa shape index (κ1) is 28.9. The molecule has 4 aromatic rings. The van der Waals surface area contributed by atoms with Crippen molar-refractivity contribution in [3.63, 3.8) is 0 Å². The summed E-state index contributed by atoms with van der Waals surface area (Å²) in [5, 5.41) is 12.4. The Bertz CT molecular complexity index is 1540. The van der Waals surface area contributed by atoms with E-state index in [0.29, 0.717) is 26.1 Å². The third-order valence-electron chi connectivity index (χ3n) is 7.83. The van der Waals surface area contributed by atoms with Gasteiger partial charge in [-0.25, -0.2) is 10.0 Å². The van der Waals surface area contributed by atoms with Gasteiger partial charge in [-0.3, -0.25) is 9.59 Å². The predicted molar refractivity (Wildman–Crippen MR) is 170 cm³/mol. The van der Waals surface area contributed by atoms with Gasteiger partial charge in [0, 0.05) is 26.7 Å². The average molecular weight is 587 g/mol. The van der Waals surface area contributed by atoms with Crippen LogP contribution in [0.3, 0.4) is 0 Å². The number of nitrogens with zero attached hydrogens (tertiary/aromatic N) is 4. The second-order valence-electron chi connectivity index (χ2n) is 10.8. The minimum absolute atomic E-state index is 0.0869. The van der Waals surface area contributed by atoms with Crippen LogP contribution in [-0.4, -0.2) is 46.5 Å². The van der Waals surface area contributed by atoms with Crippen molar-refractivity contribution in [1.82, 2.24) is 10.0 Å². The number of carbonyl (C=O) groups is 2. The van der Waals surface area contributed by atoms with Crippen molar-refractivity contribution in [3.8, 4) is 11.5 Å². The van der Waals surface area contributed by atoms with Crippen LogP contribution in [-0.2, 0) is 9.59 Å². The lowest BCUT2D eigenvalue weighted by Crippen LogP contribution is -2.24. The molecule has 2 aliphatic rings. The average Bonchev–Trinajstić information content (AvgIpc) is 3.71. The summed E-state index contributed by atoms with van der Waals surface area (Å²) in [5.74, 6) is 1.28. The maximum Gasteiger partial charge on any atom is 0.240 e.